The van der Waals surface area contributed by atoms with Gasteiger partial charge in [-0.2, -0.15) is 0 Å². The van der Waals surface area contributed by atoms with Crippen LogP contribution in [-0.4, -0.2) is 102 Å². The topological polar surface area (TPSA) is 151 Å². The normalized spacial score (nSPS) is 41.5. The van der Waals surface area contributed by atoms with Crippen molar-refractivity contribution < 1.29 is 61.8 Å². The van der Waals surface area contributed by atoms with Gasteiger partial charge in [0.1, 0.15) is 33.4 Å². The van der Waals surface area contributed by atoms with Gasteiger partial charge < -0.3 is 42.6 Å². The van der Waals surface area contributed by atoms with Gasteiger partial charge >= 0.3 is 23.9 Å². The molecule has 0 spiro atoms. The van der Waals surface area contributed by atoms with Crippen molar-refractivity contribution in [3.63, 3.8) is 0 Å². The monoisotopic (exact) mass is 978 g/mol. The lowest BCUT2D eigenvalue weighted by Gasteiger charge is -2.45. The Balaban J connectivity index is 0.000000331. The molecule has 0 saturated carbocycles. The lowest BCUT2D eigenvalue weighted by atomic mass is 9.82. The third kappa shape index (κ3) is 15.0. The maximum Gasteiger partial charge on any atom is 0.303 e. The molecule has 55 heavy (non-hydrogen) atoms. The summed E-state index contributed by atoms with van der Waals surface area (Å²) < 4.78 is 50.4. The molecule has 4 rings (SSSR count). The fourth-order valence-corrected chi connectivity index (χ4v) is 9.35. The quantitative estimate of drug-likeness (QED) is 0.134. The Hall–Kier alpha value is -0.880. The van der Waals surface area contributed by atoms with Crippen LogP contribution in [0, 0.1) is 47.3 Å². The van der Waals surface area contributed by atoms with Gasteiger partial charge in [-0.1, -0.05) is 110 Å². The van der Waals surface area contributed by atoms with Crippen LogP contribution in [0.25, 0.3) is 0 Å². The SMILES string of the molecule is CC(=O)O[C@@H]1[C@@H](C)[C@H](C)CO[C@@H]1Br.CC(=O)O[C@H]1[C@H](C)[C@H](C)CO[C@H]1Br.CC[C@H]1O[C@@H](OC[C@H]2O[C@H](Br)[C@H](OC(C)=O)[C@@H](C)[C@@H]2C)[C@H](OC(C)=O)[C@@H](C)[C@@H]1C. The highest BCUT2D eigenvalue weighted by atomic mass is 79.9. The second-order valence-corrected chi connectivity index (χ2v) is 18.3. The Morgan fingerprint density at radius 1 is 0.509 bits per heavy atom. The molecule has 0 aromatic carbocycles. The fourth-order valence-electron chi connectivity index (χ4n) is 7.00. The van der Waals surface area contributed by atoms with Crippen LogP contribution in [0.15, 0.2) is 0 Å². The number of halogens is 3. The van der Waals surface area contributed by atoms with Crippen molar-refractivity contribution in [3.8, 4) is 0 Å². The first-order chi connectivity index (χ1) is 25.6. The third-order valence-corrected chi connectivity index (χ3v) is 13.7. The van der Waals surface area contributed by atoms with Crippen LogP contribution in [-0.2, 0) is 61.8 Å². The maximum atomic E-state index is 11.6. The molecule has 0 aromatic heterocycles. The van der Waals surface area contributed by atoms with Gasteiger partial charge in [0.05, 0.1) is 32.0 Å². The van der Waals surface area contributed by atoms with Gasteiger partial charge in [-0.05, 0) is 30.1 Å². The van der Waals surface area contributed by atoms with E-state index in [1.807, 2.05) is 6.92 Å². The average Bonchev–Trinajstić information content (AvgIpc) is 3.10. The number of carbonyl (C=O) groups excluding carboxylic acids is 4. The van der Waals surface area contributed by atoms with Crippen LogP contribution in [0.4, 0.5) is 0 Å². The van der Waals surface area contributed by atoms with Crippen LogP contribution < -0.4 is 0 Å². The zero-order valence-electron chi connectivity index (χ0n) is 34.7. The van der Waals surface area contributed by atoms with Crippen molar-refractivity contribution in [1.29, 1.82) is 0 Å². The molecule has 4 aliphatic rings. The number of alkyl halides is 3. The van der Waals surface area contributed by atoms with E-state index in [1.54, 1.807) is 0 Å². The van der Waals surface area contributed by atoms with Crippen LogP contribution in [0.5, 0.6) is 0 Å². The Kier molecular flexibility index (Phi) is 21.6. The van der Waals surface area contributed by atoms with Gasteiger partial charge in [-0.15, -0.1) is 0 Å². The fraction of sp³-hybridized carbons (Fsp3) is 0.897. The van der Waals surface area contributed by atoms with E-state index >= 15 is 0 Å². The van der Waals surface area contributed by atoms with Gasteiger partial charge in [-0.3, -0.25) is 19.2 Å². The first-order valence-electron chi connectivity index (χ1n) is 19.4. The van der Waals surface area contributed by atoms with Gasteiger partial charge in [0.15, 0.2) is 12.4 Å². The summed E-state index contributed by atoms with van der Waals surface area (Å²) in [5, 5.41) is -0.740. The highest BCUT2D eigenvalue weighted by Gasteiger charge is 2.46. The highest BCUT2D eigenvalue weighted by Crippen LogP contribution is 2.38. The van der Waals surface area contributed by atoms with E-state index in [2.05, 4.69) is 103 Å². The molecule has 0 amide bonds. The predicted octanol–water partition coefficient (Wildman–Crippen LogP) is 7.55. The van der Waals surface area contributed by atoms with Crippen LogP contribution in [0.3, 0.4) is 0 Å². The van der Waals surface area contributed by atoms with E-state index < -0.39 is 17.4 Å². The summed E-state index contributed by atoms with van der Waals surface area (Å²) in [6.45, 7) is 26.1. The van der Waals surface area contributed by atoms with E-state index in [-0.39, 0.29) is 88.1 Å². The van der Waals surface area contributed by atoms with Crippen molar-refractivity contribution in [2.24, 2.45) is 47.3 Å². The van der Waals surface area contributed by atoms with Crippen molar-refractivity contribution in [2.45, 2.75) is 154 Å². The third-order valence-electron chi connectivity index (χ3n) is 11.4. The Morgan fingerprint density at radius 3 is 1.27 bits per heavy atom. The zero-order valence-corrected chi connectivity index (χ0v) is 39.4. The maximum absolute atomic E-state index is 11.6. The van der Waals surface area contributed by atoms with Crippen molar-refractivity contribution >= 4 is 71.7 Å². The Morgan fingerprint density at radius 2 is 0.873 bits per heavy atom. The number of hydrogen-bond acceptors (Lipinski definition) is 13. The predicted molar refractivity (Wildman–Crippen MR) is 215 cm³/mol. The van der Waals surface area contributed by atoms with Crippen LogP contribution in [0.1, 0.15) is 96.4 Å². The summed E-state index contributed by atoms with van der Waals surface area (Å²) in [5.41, 5.74) is 0. The standard InChI is InChI=1S/C21H35BrO7.2C9H15BrO3/c1-8-16-10(2)13(5)19(27-15(7)24)21(29-16)25-9-17-11(3)12(4)18(20(22)28-17)26-14(6)23;2*1-5-4-12-9(10)8(6(5)2)13-7(3)11/h10-13,16-21H,8-9H2,1-7H3;2*5-6,8-9H,4H2,1-3H3/t10-,11-,12-,13-,16+,17+,18+,19+,20-,21+;5-,6+,8-,9+;5-,6-,8+,9-/m011/s1. The Labute approximate surface area is 353 Å². The molecule has 320 valence electrons. The van der Waals surface area contributed by atoms with Gasteiger partial charge in [-0.25, -0.2) is 0 Å². The van der Waals surface area contributed by atoms with Gasteiger partial charge in [0.2, 0.25) is 0 Å². The summed E-state index contributed by atoms with van der Waals surface area (Å²) in [7, 11) is 0. The lowest BCUT2D eigenvalue weighted by Crippen LogP contribution is -2.54. The van der Waals surface area contributed by atoms with E-state index in [1.165, 1.54) is 27.7 Å². The number of hydrogen-bond donors (Lipinski definition) is 0. The zero-order chi connectivity index (χ0) is 41.9. The number of rotatable bonds is 8. The summed E-state index contributed by atoms with van der Waals surface area (Å²) in [6, 6.07) is 0. The molecule has 4 heterocycles. The molecule has 0 N–H and O–H groups in total. The number of carbonyl (C=O) groups is 4. The molecular weight excluding hydrogens is 916 g/mol. The molecule has 16 heteroatoms. The summed E-state index contributed by atoms with van der Waals surface area (Å²) >= 11 is 10.2. The van der Waals surface area contributed by atoms with E-state index in [0.29, 0.717) is 30.3 Å². The molecule has 13 nitrogen and oxygen atoms in total. The first-order valence-corrected chi connectivity index (χ1v) is 22.1. The number of esters is 4. The molecular formula is C39H65Br3O13. The highest BCUT2D eigenvalue weighted by molar-refractivity contribution is 9.09. The van der Waals surface area contributed by atoms with Crippen LogP contribution in [0.2, 0.25) is 0 Å². The van der Waals surface area contributed by atoms with E-state index in [9.17, 15) is 19.2 Å². The largest absolute Gasteiger partial charge is 0.459 e. The second-order valence-electron chi connectivity index (χ2n) is 15.6. The molecule has 4 saturated heterocycles. The van der Waals surface area contributed by atoms with Crippen LogP contribution >= 0.6 is 47.8 Å². The van der Waals surface area contributed by atoms with Gasteiger partial charge in [0.25, 0.3) is 0 Å². The van der Waals surface area contributed by atoms with Crippen molar-refractivity contribution in [1.82, 2.24) is 0 Å². The average molecular weight is 982 g/mol. The minimum atomic E-state index is -0.638. The molecule has 0 unspecified atom stereocenters. The minimum Gasteiger partial charge on any atom is -0.459 e. The van der Waals surface area contributed by atoms with Gasteiger partial charge in [0, 0.05) is 51.4 Å². The summed E-state index contributed by atoms with van der Waals surface area (Å²) in [6.07, 6.45) is -1.10. The molecule has 4 fully saturated rings. The van der Waals surface area contributed by atoms with E-state index in [0.717, 1.165) is 19.6 Å². The van der Waals surface area contributed by atoms with E-state index in [4.69, 9.17) is 42.6 Å². The lowest BCUT2D eigenvalue weighted by molar-refractivity contribution is -0.286. The second kappa shape index (κ2) is 23.6. The minimum absolute atomic E-state index is 0.0442. The molecule has 0 radical (unpaired) electrons. The summed E-state index contributed by atoms with van der Waals surface area (Å²) in [4.78, 5) is 44.6. The van der Waals surface area contributed by atoms with Crippen molar-refractivity contribution in [2.75, 3.05) is 19.8 Å². The first kappa shape index (κ1) is 50.3. The Bertz CT molecular complexity index is 1190. The molecule has 4 aliphatic heterocycles. The summed E-state index contributed by atoms with van der Waals surface area (Å²) in [5.74, 6) is 0.909. The van der Waals surface area contributed by atoms with Crippen molar-refractivity contribution in [3.05, 3.63) is 0 Å². The molecule has 0 aliphatic carbocycles. The number of ether oxygens (including phenoxy) is 9. The molecule has 18 atom stereocenters. The molecule has 0 aromatic rings. The smallest absolute Gasteiger partial charge is 0.303 e. The molecule has 0 bridgehead atoms.